The second kappa shape index (κ2) is 9.50. The monoisotopic (exact) mass is 468 g/mol. The molecule has 0 spiro atoms. The Morgan fingerprint density at radius 3 is 2.44 bits per heavy atom. The van der Waals surface area contributed by atoms with Gasteiger partial charge in [-0.3, -0.25) is 9.71 Å². The lowest BCUT2D eigenvalue weighted by atomic mass is 10.0. The summed E-state index contributed by atoms with van der Waals surface area (Å²) in [7, 11) is -3.99. The van der Waals surface area contributed by atoms with Crippen LogP contribution in [0.5, 0.6) is 5.88 Å². The van der Waals surface area contributed by atoms with Crippen molar-refractivity contribution in [2.75, 3.05) is 11.3 Å². The second-order valence-corrected chi connectivity index (χ2v) is 9.44. The third kappa shape index (κ3) is 5.15. The minimum atomic E-state index is -3.99. The number of nitrogens with zero attached hydrogens (tertiary/aromatic N) is 3. The largest absolute Gasteiger partial charge is 0.475 e. The predicted octanol–water partition coefficient (Wildman–Crippen LogP) is 4.74. The first kappa shape index (κ1) is 22.0. The summed E-state index contributed by atoms with van der Waals surface area (Å²) in [5.74, 6) is 0.259. The molecule has 32 heavy (non-hydrogen) atoms. The molecule has 0 saturated heterocycles. The average molecular weight is 469 g/mol. The molecular weight excluding hydrogens is 448 g/mol. The first-order valence-electron chi connectivity index (χ1n) is 9.98. The van der Waals surface area contributed by atoms with Gasteiger partial charge in [-0.05, 0) is 48.2 Å². The summed E-state index contributed by atoms with van der Waals surface area (Å²) in [5.41, 5.74) is 2.23. The molecule has 2 aromatic carbocycles. The zero-order chi connectivity index (χ0) is 22.6. The number of aromatic nitrogens is 3. The van der Waals surface area contributed by atoms with E-state index in [4.69, 9.17) is 16.3 Å². The van der Waals surface area contributed by atoms with Crippen molar-refractivity contribution in [3.63, 3.8) is 0 Å². The summed E-state index contributed by atoms with van der Waals surface area (Å²) < 4.78 is 34.4. The number of halogens is 1. The van der Waals surface area contributed by atoms with E-state index in [-0.39, 0.29) is 27.5 Å². The van der Waals surface area contributed by atoms with Gasteiger partial charge in [0.1, 0.15) is 4.90 Å². The third-order valence-electron chi connectivity index (χ3n) is 4.71. The van der Waals surface area contributed by atoms with Crippen LogP contribution in [0, 0.1) is 5.92 Å². The van der Waals surface area contributed by atoms with E-state index in [1.54, 1.807) is 36.5 Å². The van der Waals surface area contributed by atoms with Gasteiger partial charge in [-0.1, -0.05) is 48.9 Å². The Labute approximate surface area is 191 Å². The van der Waals surface area contributed by atoms with Crippen LogP contribution >= 0.6 is 11.6 Å². The van der Waals surface area contributed by atoms with Gasteiger partial charge in [-0.15, -0.1) is 0 Å². The molecule has 1 atom stereocenters. The average Bonchev–Trinajstić information content (AvgIpc) is 2.78. The fraction of sp³-hybridized carbons (Fsp3) is 0.174. The van der Waals surface area contributed by atoms with Crippen LogP contribution in [0.2, 0.25) is 5.02 Å². The lowest BCUT2D eigenvalue weighted by Gasteiger charge is -2.16. The van der Waals surface area contributed by atoms with Crippen LogP contribution in [0.1, 0.15) is 12.5 Å². The predicted molar refractivity (Wildman–Crippen MR) is 124 cm³/mol. The molecule has 0 radical (unpaired) electrons. The molecule has 0 saturated carbocycles. The van der Waals surface area contributed by atoms with Crippen molar-refractivity contribution in [2.45, 2.75) is 18.2 Å². The zero-order valence-electron chi connectivity index (χ0n) is 17.3. The summed E-state index contributed by atoms with van der Waals surface area (Å²) in [6.45, 7) is 2.36. The zero-order valence-corrected chi connectivity index (χ0v) is 18.8. The van der Waals surface area contributed by atoms with Gasteiger partial charge in [0.2, 0.25) is 5.82 Å². The molecule has 0 aliphatic rings. The minimum absolute atomic E-state index is 0.0113. The van der Waals surface area contributed by atoms with Crippen molar-refractivity contribution in [3.8, 4) is 5.88 Å². The lowest BCUT2D eigenvalue weighted by molar-refractivity contribution is 0.252. The summed E-state index contributed by atoms with van der Waals surface area (Å²) in [6.07, 6.45) is 4.30. The summed E-state index contributed by atoms with van der Waals surface area (Å²) in [5, 5.41) is 0.112. The molecule has 0 fully saturated rings. The quantitative estimate of drug-likeness (QED) is 0.401. The van der Waals surface area contributed by atoms with Crippen molar-refractivity contribution >= 4 is 38.5 Å². The lowest BCUT2D eigenvalue weighted by Crippen LogP contribution is -2.18. The van der Waals surface area contributed by atoms with Crippen molar-refractivity contribution < 1.29 is 13.2 Å². The summed E-state index contributed by atoms with van der Waals surface area (Å²) in [6, 6.07) is 17.3. The number of sulfonamides is 1. The number of para-hydroxylation sites is 2. The molecular formula is C23H21ClN4O3S. The van der Waals surface area contributed by atoms with Gasteiger partial charge in [-0.2, -0.15) is 0 Å². The second-order valence-electron chi connectivity index (χ2n) is 7.38. The summed E-state index contributed by atoms with van der Waals surface area (Å²) in [4.78, 5) is 13.0. The van der Waals surface area contributed by atoms with Crippen molar-refractivity contribution in [1.29, 1.82) is 0 Å². The van der Waals surface area contributed by atoms with Crippen LogP contribution < -0.4 is 9.46 Å². The van der Waals surface area contributed by atoms with Crippen LogP contribution in [-0.2, 0) is 16.4 Å². The SMILES string of the molecule is CC(COc1nc2ccccc2nc1NS(=O)(=O)c1ccccc1Cl)Cc1cccnc1. The van der Waals surface area contributed by atoms with Gasteiger partial charge in [-0.25, -0.2) is 18.4 Å². The number of ether oxygens (including phenoxy) is 1. The highest BCUT2D eigenvalue weighted by molar-refractivity contribution is 7.92. The van der Waals surface area contributed by atoms with E-state index >= 15 is 0 Å². The fourth-order valence-corrected chi connectivity index (χ4v) is 4.72. The van der Waals surface area contributed by atoms with E-state index in [9.17, 15) is 8.42 Å². The van der Waals surface area contributed by atoms with E-state index in [0.717, 1.165) is 12.0 Å². The third-order valence-corrected chi connectivity index (χ3v) is 6.55. The van der Waals surface area contributed by atoms with E-state index in [0.29, 0.717) is 17.6 Å². The molecule has 2 heterocycles. The molecule has 4 aromatic rings. The van der Waals surface area contributed by atoms with Gasteiger partial charge in [0.15, 0.2) is 0 Å². The smallest absolute Gasteiger partial charge is 0.264 e. The van der Waals surface area contributed by atoms with Gasteiger partial charge < -0.3 is 4.74 Å². The topological polar surface area (TPSA) is 94.1 Å². The fourth-order valence-electron chi connectivity index (χ4n) is 3.20. The van der Waals surface area contributed by atoms with Crippen LogP contribution in [0.15, 0.2) is 78.0 Å². The number of anilines is 1. The number of rotatable bonds is 8. The highest BCUT2D eigenvalue weighted by Crippen LogP contribution is 2.28. The number of hydrogen-bond donors (Lipinski definition) is 1. The molecule has 1 unspecified atom stereocenters. The first-order chi connectivity index (χ1) is 15.4. The summed E-state index contributed by atoms with van der Waals surface area (Å²) >= 11 is 6.10. The molecule has 0 aliphatic carbocycles. The van der Waals surface area contributed by atoms with Gasteiger partial charge in [0, 0.05) is 12.4 Å². The Morgan fingerprint density at radius 2 is 1.72 bits per heavy atom. The maximum Gasteiger partial charge on any atom is 0.264 e. The maximum absolute atomic E-state index is 13.0. The van der Waals surface area contributed by atoms with Gasteiger partial charge in [0.05, 0.1) is 22.7 Å². The first-order valence-corrected chi connectivity index (χ1v) is 11.8. The van der Waals surface area contributed by atoms with Crippen molar-refractivity contribution in [2.24, 2.45) is 5.92 Å². The normalized spacial score (nSPS) is 12.4. The Hall–Kier alpha value is -3.23. The number of pyridine rings is 1. The Bertz CT molecular complexity index is 1330. The van der Waals surface area contributed by atoms with Crippen LogP contribution in [0.3, 0.4) is 0 Å². The highest BCUT2D eigenvalue weighted by atomic mass is 35.5. The molecule has 164 valence electrons. The van der Waals surface area contributed by atoms with Crippen molar-refractivity contribution in [1.82, 2.24) is 15.0 Å². The van der Waals surface area contributed by atoms with E-state index in [2.05, 4.69) is 19.7 Å². The Morgan fingerprint density at radius 1 is 1.00 bits per heavy atom. The molecule has 2 aromatic heterocycles. The highest BCUT2D eigenvalue weighted by Gasteiger charge is 2.22. The molecule has 0 amide bonds. The van der Waals surface area contributed by atoms with Gasteiger partial charge in [0.25, 0.3) is 15.9 Å². The van der Waals surface area contributed by atoms with Crippen LogP contribution in [-0.4, -0.2) is 30.0 Å². The van der Waals surface area contributed by atoms with Crippen LogP contribution in [0.25, 0.3) is 11.0 Å². The van der Waals surface area contributed by atoms with Crippen molar-refractivity contribution in [3.05, 3.63) is 83.6 Å². The Balaban J connectivity index is 1.61. The van der Waals surface area contributed by atoms with E-state index < -0.39 is 10.0 Å². The molecule has 0 bridgehead atoms. The minimum Gasteiger partial charge on any atom is -0.475 e. The number of fused-ring (bicyclic) bond motifs is 1. The number of benzene rings is 2. The molecule has 0 aliphatic heterocycles. The van der Waals surface area contributed by atoms with E-state index in [1.165, 1.54) is 12.1 Å². The number of nitrogens with one attached hydrogen (secondary N) is 1. The van der Waals surface area contributed by atoms with E-state index in [1.807, 2.05) is 31.3 Å². The molecule has 9 heteroatoms. The van der Waals surface area contributed by atoms with Gasteiger partial charge >= 0.3 is 0 Å². The maximum atomic E-state index is 13.0. The molecule has 4 rings (SSSR count). The standard InChI is InChI=1S/C23H21ClN4O3S/c1-16(13-17-7-6-12-25-14-17)15-31-23-22(26-19-9-3-4-10-20(19)27-23)28-32(29,30)21-11-5-2-8-18(21)24/h2-12,14,16H,13,15H2,1H3,(H,26,28). The molecule has 7 nitrogen and oxygen atoms in total. The molecule has 1 N–H and O–H groups in total. The Kier molecular flexibility index (Phi) is 6.53. The van der Waals surface area contributed by atoms with Crippen LogP contribution in [0.4, 0.5) is 5.82 Å². The number of hydrogen-bond acceptors (Lipinski definition) is 6.